The van der Waals surface area contributed by atoms with Gasteiger partial charge in [0, 0.05) is 0 Å². The topological polar surface area (TPSA) is 117 Å². The van der Waals surface area contributed by atoms with E-state index in [1.807, 2.05) is 0 Å². The molecule has 0 unspecified atom stereocenters. The molecule has 0 aliphatic carbocycles. The summed E-state index contributed by atoms with van der Waals surface area (Å²) in [5.41, 5.74) is 0.148. The molecule has 1 saturated heterocycles. The molecule has 0 saturated carbocycles. The number of fused-ring (bicyclic) bond motifs is 2. The predicted molar refractivity (Wildman–Crippen MR) is 108 cm³/mol. The van der Waals surface area contributed by atoms with Crippen molar-refractivity contribution in [3.63, 3.8) is 0 Å². The Kier molecular flexibility index (Phi) is 4.10. The van der Waals surface area contributed by atoms with Crippen LogP contribution in [0.4, 0.5) is 16.2 Å². The summed E-state index contributed by atoms with van der Waals surface area (Å²) in [6, 6.07) is 11.1. The van der Waals surface area contributed by atoms with Crippen molar-refractivity contribution in [1.82, 2.24) is 10.2 Å². The van der Waals surface area contributed by atoms with Crippen molar-refractivity contribution >= 4 is 35.1 Å². The van der Waals surface area contributed by atoms with Gasteiger partial charge in [-0.25, -0.2) is 4.79 Å². The Labute approximate surface area is 176 Å². The molecule has 2 aromatic rings. The van der Waals surface area contributed by atoms with Gasteiger partial charge in [-0.3, -0.25) is 24.2 Å². The molecule has 10 heteroatoms. The summed E-state index contributed by atoms with van der Waals surface area (Å²) in [7, 11) is 0. The van der Waals surface area contributed by atoms with Gasteiger partial charge >= 0.3 is 6.03 Å². The van der Waals surface area contributed by atoms with E-state index in [0.717, 1.165) is 4.90 Å². The Morgan fingerprint density at radius 1 is 1.10 bits per heavy atom. The summed E-state index contributed by atoms with van der Waals surface area (Å²) < 4.78 is 10.6. The highest BCUT2D eigenvalue weighted by Crippen LogP contribution is 2.38. The number of amides is 5. The minimum Gasteiger partial charge on any atom is -0.454 e. The monoisotopic (exact) mass is 422 g/mol. The number of hydrogen-bond acceptors (Lipinski definition) is 6. The van der Waals surface area contributed by atoms with E-state index < -0.39 is 29.9 Å². The van der Waals surface area contributed by atoms with Crippen LogP contribution in [0.25, 0.3) is 0 Å². The van der Waals surface area contributed by atoms with E-state index in [1.54, 1.807) is 49.4 Å². The lowest BCUT2D eigenvalue weighted by Crippen LogP contribution is -2.48. The molecule has 5 rings (SSSR count). The van der Waals surface area contributed by atoms with Crippen molar-refractivity contribution in [3.05, 3.63) is 48.0 Å². The van der Waals surface area contributed by atoms with Crippen LogP contribution in [0.5, 0.6) is 11.5 Å². The summed E-state index contributed by atoms with van der Waals surface area (Å²) >= 11 is 0. The van der Waals surface area contributed by atoms with Crippen molar-refractivity contribution in [2.24, 2.45) is 0 Å². The number of hydrogen-bond donors (Lipinski definition) is 2. The maximum absolute atomic E-state index is 13.2. The van der Waals surface area contributed by atoms with Crippen molar-refractivity contribution < 1.29 is 28.7 Å². The van der Waals surface area contributed by atoms with Gasteiger partial charge in [-0.05, 0) is 36.8 Å². The number of nitrogens with zero attached hydrogens (tertiary/aromatic N) is 2. The zero-order valence-corrected chi connectivity index (χ0v) is 16.5. The molecule has 0 aromatic heterocycles. The first-order valence-corrected chi connectivity index (χ1v) is 9.60. The number of carbonyl (C=O) groups excluding carboxylic acids is 4. The van der Waals surface area contributed by atoms with Gasteiger partial charge in [-0.15, -0.1) is 0 Å². The number of imide groups is 1. The Hall–Kier alpha value is -4.08. The fourth-order valence-corrected chi connectivity index (χ4v) is 3.92. The molecule has 1 fully saturated rings. The maximum Gasteiger partial charge on any atom is 0.325 e. The molecule has 3 heterocycles. The van der Waals surface area contributed by atoms with Crippen molar-refractivity contribution in [1.29, 1.82) is 0 Å². The van der Waals surface area contributed by atoms with Crippen LogP contribution in [-0.2, 0) is 19.9 Å². The molecule has 2 N–H and O–H groups in total. The van der Waals surface area contributed by atoms with Crippen LogP contribution in [0.3, 0.4) is 0 Å². The molecular formula is C21H18N4O6. The lowest BCUT2D eigenvalue weighted by Gasteiger charge is -2.30. The summed E-state index contributed by atoms with van der Waals surface area (Å²) in [5, 5.41) is 5.36. The number of ether oxygens (including phenoxy) is 2. The van der Waals surface area contributed by atoms with Crippen molar-refractivity contribution in [2.45, 2.75) is 12.5 Å². The van der Waals surface area contributed by atoms with Crippen LogP contribution in [-0.4, -0.2) is 48.5 Å². The maximum atomic E-state index is 13.2. The molecule has 0 spiro atoms. The van der Waals surface area contributed by atoms with Crippen LogP contribution in [0, 0.1) is 0 Å². The third-order valence-electron chi connectivity index (χ3n) is 5.59. The van der Waals surface area contributed by atoms with Gasteiger partial charge in [0.1, 0.15) is 18.6 Å². The van der Waals surface area contributed by atoms with E-state index in [0.29, 0.717) is 28.4 Å². The van der Waals surface area contributed by atoms with Crippen molar-refractivity contribution in [3.8, 4) is 11.5 Å². The zero-order chi connectivity index (χ0) is 21.8. The molecule has 31 heavy (non-hydrogen) atoms. The lowest BCUT2D eigenvalue weighted by atomic mass is 9.91. The number of benzene rings is 2. The van der Waals surface area contributed by atoms with E-state index in [1.165, 1.54) is 4.90 Å². The number of urea groups is 1. The van der Waals surface area contributed by atoms with Gasteiger partial charge in [0.2, 0.25) is 18.6 Å². The first-order valence-electron chi connectivity index (χ1n) is 9.60. The average Bonchev–Trinajstić information content (AvgIpc) is 3.31. The van der Waals surface area contributed by atoms with Crippen LogP contribution in [0.1, 0.15) is 12.5 Å². The molecule has 0 radical (unpaired) electrons. The van der Waals surface area contributed by atoms with Gasteiger partial charge in [-0.1, -0.05) is 18.2 Å². The third-order valence-corrected chi connectivity index (χ3v) is 5.59. The van der Waals surface area contributed by atoms with Gasteiger partial charge < -0.3 is 20.1 Å². The van der Waals surface area contributed by atoms with Crippen molar-refractivity contribution in [2.75, 3.05) is 30.1 Å². The summed E-state index contributed by atoms with van der Waals surface area (Å²) in [5.74, 6) is -0.431. The fourth-order valence-electron chi connectivity index (χ4n) is 3.92. The fraction of sp³-hybridized carbons (Fsp3) is 0.238. The molecular weight excluding hydrogens is 404 g/mol. The standard InChI is InChI=1S/C21H18N4O6/c1-21(12-6-7-15-16(8-12)31-11-30-15)19(28)25(20(29)23-21)10-18(27)24-9-17(26)22-13-4-2-3-5-14(13)24/h2-8H,9-11H2,1H3,(H,22,26)(H,23,29)/t21-/m1/s1. The summed E-state index contributed by atoms with van der Waals surface area (Å²) in [6.07, 6.45) is 0. The Balaban J connectivity index is 1.39. The smallest absolute Gasteiger partial charge is 0.325 e. The molecule has 10 nitrogen and oxygen atoms in total. The van der Waals surface area contributed by atoms with Gasteiger partial charge in [-0.2, -0.15) is 0 Å². The Bertz CT molecular complexity index is 1150. The second kappa shape index (κ2) is 6.73. The first-order chi connectivity index (χ1) is 14.9. The molecule has 3 aliphatic rings. The molecule has 3 aliphatic heterocycles. The van der Waals surface area contributed by atoms with Crippen LogP contribution >= 0.6 is 0 Å². The second-order valence-corrected chi connectivity index (χ2v) is 7.56. The summed E-state index contributed by atoms with van der Waals surface area (Å²) in [4.78, 5) is 52.9. The van der Waals surface area contributed by atoms with E-state index >= 15 is 0 Å². The van der Waals surface area contributed by atoms with Gasteiger partial charge in [0.25, 0.3) is 5.91 Å². The number of nitrogens with one attached hydrogen (secondary N) is 2. The van der Waals surface area contributed by atoms with E-state index in [2.05, 4.69) is 10.6 Å². The lowest BCUT2D eigenvalue weighted by molar-refractivity contribution is -0.134. The van der Waals surface area contributed by atoms with Crippen LogP contribution < -0.4 is 25.0 Å². The Morgan fingerprint density at radius 3 is 2.71 bits per heavy atom. The van der Waals surface area contributed by atoms with Crippen LogP contribution in [0.15, 0.2) is 42.5 Å². The third kappa shape index (κ3) is 2.95. The highest BCUT2D eigenvalue weighted by molar-refractivity contribution is 6.14. The van der Waals surface area contributed by atoms with E-state index in [4.69, 9.17) is 9.47 Å². The first kappa shape index (κ1) is 18.9. The quantitative estimate of drug-likeness (QED) is 0.717. The normalized spacial score (nSPS) is 21.6. The molecule has 1 atom stereocenters. The SMILES string of the molecule is C[C@]1(c2ccc3c(c2)OCO3)NC(=O)N(CC(=O)N2CC(=O)Nc3ccccc32)C1=O. The summed E-state index contributed by atoms with van der Waals surface area (Å²) in [6.45, 7) is 0.964. The highest BCUT2D eigenvalue weighted by Gasteiger charge is 2.50. The Morgan fingerprint density at radius 2 is 1.87 bits per heavy atom. The van der Waals surface area contributed by atoms with Gasteiger partial charge in [0.05, 0.1) is 11.4 Å². The van der Waals surface area contributed by atoms with Gasteiger partial charge in [0.15, 0.2) is 11.5 Å². The number of anilines is 2. The van der Waals surface area contributed by atoms with E-state index in [9.17, 15) is 19.2 Å². The number of rotatable bonds is 3. The minimum atomic E-state index is -1.37. The molecule has 0 bridgehead atoms. The second-order valence-electron chi connectivity index (χ2n) is 7.56. The predicted octanol–water partition coefficient (Wildman–Crippen LogP) is 1.17. The minimum absolute atomic E-state index is 0.0846. The number of carbonyl (C=O) groups is 4. The largest absolute Gasteiger partial charge is 0.454 e. The highest BCUT2D eigenvalue weighted by atomic mass is 16.7. The molecule has 158 valence electrons. The molecule has 2 aromatic carbocycles. The van der Waals surface area contributed by atoms with E-state index in [-0.39, 0.29) is 19.2 Å². The molecule has 5 amide bonds. The number of para-hydroxylation sites is 2. The average molecular weight is 422 g/mol. The zero-order valence-electron chi connectivity index (χ0n) is 16.5. The van der Waals surface area contributed by atoms with Crippen LogP contribution in [0.2, 0.25) is 0 Å².